The van der Waals surface area contributed by atoms with E-state index < -0.39 is 0 Å². The molecular weight excluding hydrogens is 326 g/mol. The van der Waals surface area contributed by atoms with Crippen LogP contribution in [-0.4, -0.2) is 41.6 Å². The number of ether oxygens (including phenoxy) is 1. The number of nitrogens with zero attached hydrogens (tertiary/aromatic N) is 2. The molecule has 1 aliphatic rings. The molecule has 0 bridgehead atoms. The largest absolute Gasteiger partial charge is 0.383 e. The van der Waals surface area contributed by atoms with Crippen molar-refractivity contribution in [2.24, 2.45) is 0 Å². The Morgan fingerprint density at radius 1 is 1.27 bits per heavy atom. The molecule has 1 aromatic heterocycles. The molecule has 2 heterocycles. The standard InChI is InChI=1S/C21H27N3O2/c1-3-13-26-18-5-4-12-24(14-18)21(25)17-9-7-16(8-10-17)19-11-6-15(2)23-20(19)22/h6-11,18H,3-5,12-14H2,1-2H3,(H2,22,23)/t18-/m1/s1. The van der Waals surface area contributed by atoms with Gasteiger partial charge >= 0.3 is 0 Å². The lowest BCUT2D eigenvalue weighted by molar-refractivity contribution is 0.00211. The van der Waals surface area contributed by atoms with Crippen LogP contribution in [0.4, 0.5) is 5.82 Å². The van der Waals surface area contributed by atoms with Gasteiger partial charge in [0.1, 0.15) is 5.82 Å². The zero-order valence-electron chi connectivity index (χ0n) is 15.6. The van der Waals surface area contributed by atoms with Crippen LogP contribution >= 0.6 is 0 Å². The quantitative estimate of drug-likeness (QED) is 0.890. The average molecular weight is 353 g/mol. The SMILES string of the molecule is CCCO[C@@H]1CCCN(C(=O)c2ccc(-c3ccc(C)nc3N)cc2)C1. The fraction of sp³-hybridized carbons (Fsp3) is 0.429. The molecule has 1 aromatic carbocycles. The highest BCUT2D eigenvalue weighted by Crippen LogP contribution is 2.25. The van der Waals surface area contributed by atoms with Gasteiger partial charge in [-0.1, -0.05) is 19.1 Å². The highest BCUT2D eigenvalue weighted by Gasteiger charge is 2.24. The predicted octanol–water partition coefficient (Wildman–Crippen LogP) is 3.67. The van der Waals surface area contributed by atoms with Crippen molar-refractivity contribution < 1.29 is 9.53 Å². The maximum atomic E-state index is 12.8. The van der Waals surface area contributed by atoms with Gasteiger partial charge in [-0.05, 0) is 56.0 Å². The van der Waals surface area contributed by atoms with Gasteiger partial charge < -0.3 is 15.4 Å². The lowest BCUT2D eigenvalue weighted by Gasteiger charge is -2.32. The molecule has 1 saturated heterocycles. The molecule has 0 aliphatic carbocycles. The topological polar surface area (TPSA) is 68.5 Å². The molecule has 5 nitrogen and oxygen atoms in total. The highest BCUT2D eigenvalue weighted by atomic mass is 16.5. The van der Waals surface area contributed by atoms with Crippen molar-refractivity contribution in [1.82, 2.24) is 9.88 Å². The third-order valence-corrected chi connectivity index (χ3v) is 4.73. The van der Waals surface area contributed by atoms with Gasteiger partial charge in [-0.15, -0.1) is 0 Å². The third-order valence-electron chi connectivity index (χ3n) is 4.73. The zero-order chi connectivity index (χ0) is 18.5. The first-order valence-corrected chi connectivity index (χ1v) is 9.33. The van der Waals surface area contributed by atoms with Crippen molar-refractivity contribution in [2.45, 2.75) is 39.2 Å². The van der Waals surface area contributed by atoms with Crippen LogP contribution in [0.25, 0.3) is 11.1 Å². The first-order valence-electron chi connectivity index (χ1n) is 9.33. The minimum atomic E-state index is 0.0661. The Balaban J connectivity index is 1.70. The fourth-order valence-electron chi connectivity index (χ4n) is 3.34. The summed E-state index contributed by atoms with van der Waals surface area (Å²) in [6.07, 6.45) is 3.18. The van der Waals surface area contributed by atoms with Gasteiger partial charge in [0.2, 0.25) is 0 Å². The van der Waals surface area contributed by atoms with E-state index in [1.807, 2.05) is 48.2 Å². The number of nitrogen functional groups attached to an aromatic ring is 1. The monoisotopic (exact) mass is 353 g/mol. The van der Waals surface area contributed by atoms with Crippen molar-refractivity contribution in [3.63, 3.8) is 0 Å². The van der Waals surface area contributed by atoms with Crippen molar-refractivity contribution in [1.29, 1.82) is 0 Å². The van der Waals surface area contributed by atoms with E-state index in [1.54, 1.807) is 0 Å². The summed E-state index contributed by atoms with van der Waals surface area (Å²) in [6, 6.07) is 11.5. The molecule has 1 fully saturated rings. The molecular formula is C21H27N3O2. The fourth-order valence-corrected chi connectivity index (χ4v) is 3.34. The summed E-state index contributed by atoms with van der Waals surface area (Å²) in [6.45, 7) is 6.24. The van der Waals surface area contributed by atoms with Gasteiger partial charge in [-0.3, -0.25) is 4.79 Å². The summed E-state index contributed by atoms with van der Waals surface area (Å²) >= 11 is 0. The van der Waals surface area contributed by atoms with E-state index in [2.05, 4.69) is 11.9 Å². The Bertz CT molecular complexity index is 758. The second-order valence-corrected chi connectivity index (χ2v) is 6.85. The first-order chi connectivity index (χ1) is 12.6. The van der Waals surface area contributed by atoms with Gasteiger partial charge in [0.05, 0.1) is 6.10 Å². The van der Waals surface area contributed by atoms with Crippen molar-refractivity contribution >= 4 is 11.7 Å². The van der Waals surface area contributed by atoms with E-state index in [1.165, 1.54) is 0 Å². The number of aromatic nitrogens is 1. The zero-order valence-corrected chi connectivity index (χ0v) is 15.6. The molecule has 26 heavy (non-hydrogen) atoms. The maximum absolute atomic E-state index is 12.8. The molecule has 0 unspecified atom stereocenters. The summed E-state index contributed by atoms with van der Waals surface area (Å²) in [4.78, 5) is 19.0. The molecule has 3 rings (SSSR count). The van der Waals surface area contributed by atoms with Gasteiger partial charge in [0.25, 0.3) is 5.91 Å². The van der Waals surface area contributed by atoms with Crippen LogP contribution in [0.15, 0.2) is 36.4 Å². The number of aryl methyl sites for hydroxylation is 1. The number of pyridine rings is 1. The Hall–Kier alpha value is -2.40. The molecule has 138 valence electrons. The summed E-state index contributed by atoms with van der Waals surface area (Å²) < 4.78 is 5.83. The van der Waals surface area contributed by atoms with E-state index in [4.69, 9.17) is 10.5 Å². The van der Waals surface area contributed by atoms with Crippen LogP contribution in [-0.2, 0) is 4.74 Å². The third kappa shape index (κ3) is 4.22. The van der Waals surface area contributed by atoms with Gasteiger partial charge in [0, 0.05) is 36.5 Å². The number of amides is 1. The molecule has 5 heteroatoms. The Morgan fingerprint density at radius 2 is 2.04 bits per heavy atom. The number of benzene rings is 1. The van der Waals surface area contributed by atoms with E-state index in [0.29, 0.717) is 17.9 Å². The van der Waals surface area contributed by atoms with E-state index in [0.717, 1.165) is 49.2 Å². The molecule has 0 spiro atoms. The number of carbonyl (C=O) groups is 1. The number of rotatable bonds is 5. The minimum absolute atomic E-state index is 0.0661. The number of carbonyl (C=O) groups excluding carboxylic acids is 1. The molecule has 1 atom stereocenters. The summed E-state index contributed by atoms with van der Waals surface area (Å²) in [5.74, 6) is 0.576. The normalized spacial score (nSPS) is 17.3. The second kappa shape index (κ2) is 8.32. The number of hydrogen-bond donors (Lipinski definition) is 1. The summed E-state index contributed by atoms with van der Waals surface area (Å²) in [5, 5.41) is 0. The predicted molar refractivity (Wildman–Crippen MR) is 104 cm³/mol. The summed E-state index contributed by atoms with van der Waals surface area (Å²) in [7, 11) is 0. The number of likely N-dealkylation sites (tertiary alicyclic amines) is 1. The Kier molecular flexibility index (Phi) is 5.89. The van der Waals surface area contributed by atoms with Gasteiger partial charge in [-0.25, -0.2) is 4.98 Å². The first kappa shape index (κ1) is 18.4. The molecule has 2 N–H and O–H groups in total. The minimum Gasteiger partial charge on any atom is -0.383 e. The molecule has 1 aliphatic heterocycles. The van der Waals surface area contributed by atoms with Gasteiger partial charge in [0.15, 0.2) is 0 Å². The van der Waals surface area contributed by atoms with Crippen LogP contribution in [0.5, 0.6) is 0 Å². The smallest absolute Gasteiger partial charge is 0.253 e. The van der Waals surface area contributed by atoms with Crippen molar-refractivity contribution in [3.8, 4) is 11.1 Å². The van der Waals surface area contributed by atoms with Crippen LogP contribution in [0.1, 0.15) is 42.2 Å². The summed E-state index contributed by atoms with van der Waals surface area (Å²) in [5.41, 5.74) is 9.47. The molecule has 0 saturated carbocycles. The lowest BCUT2D eigenvalue weighted by Crippen LogP contribution is -2.43. The number of piperidine rings is 1. The second-order valence-electron chi connectivity index (χ2n) is 6.85. The molecule has 2 aromatic rings. The number of nitrogens with two attached hydrogens (primary N) is 1. The molecule has 0 radical (unpaired) electrons. The number of hydrogen-bond acceptors (Lipinski definition) is 4. The van der Waals surface area contributed by atoms with E-state index in [9.17, 15) is 4.79 Å². The van der Waals surface area contributed by atoms with Crippen LogP contribution in [0, 0.1) is 6.92 Å². The average Bonchev–Trinajstić information content (AvgIpc) is 2.66. The van der Waals surface area contributed by atoms with Crippen LogP contribution in [0.2, 0.25) is 0 Å². The van der Waals surface area contributed by atoms with E-state index >= 15 is 0 Å². The van der Waals surface area contributed by atoms with Crippen LogP contribution < -0.4 is 5.73 Å². The van der Waals surface area contributed by atoms with E-state index in [-0.39, 0.29) is 12.0 Å². The maximum Gasteiger partial charge on any atom is 0.253 e. The van der Waals surface area contributed by atoms with Crippen molar-refractivity contribution in [2.75, 3.05) is 25.4 Å². The highest BCUT2D eigenvalue weighted by molar-refractivity contribution is 5.95. The lowest BCUT2D eigenvalue weighted by atomic mass is 10.0. The Morgan fingerprint density at radius 3 is 2.73 bits per heavy atom. The van der Waals surface area contributed by atoms with Gasteiger partial charge in [-0.2, -0.15) is 0 Å². The Labute approximate surface area is 155 Å². The number of anilines is 1. The van der Waals surface area contributed by atoms with Crippen molar-refractivity contribution in [3.05, 3.63) is 47.7 Å². The van der Waals surface area contributed by atoms with Crippen LogP contribution in [0.3, 0.4) is 0 Å². The molecule has 1 amide bonds.